The van der Waals surface area contributed by atoms with Crippen LogP contribution in [0.5, 0.6) is 5.75 Å². The van der Waals surface area contributed by atoms with Gasteiger partial charge in [-0.3, -0.25) is 9.69 Å². The first-order valence-electron chi connectivity index (χ1n) is 9.63. The van der Waals surface area contributed by atoms with Crippen molar-refractivity contribution in [1.82, 2.24) is 4.90 Å². The molecule has 0 radical (unpaired) electrons. The number of benzene rings is 2. The highest BCUT2D eigenvalue weighted by molar-refractivity contribution is 6.05. The van der Waals surface area contributed by atoms with Crippen molar-refractivity contribution in [2.45, 2.75) is 0 Å². The topological polar surface area (TPSA) is 63.6 Å². The third-order valence-corrected chi connectivity index (χ3v) is 4.78. The Morgan fingerprint density at radius 3 is 2.65 bits per heavy atom. The number of hydrazone groups is 1. The minimum absolute atomic E-state index is 0. The fourth-order valence-electron chi connectivity index (χ4n) is 3.22. The van der Waals surface area contributed by atoms with Crippen molar-refractivity contribution in [2.24, 2.45) is 5.10 Å². The van der Waals surface area contributed by atoms with E-state index in [0.29, 0.717) is 37.2 Å². The molecule has 2 aromatic carbocycles. The van der Waals surface area contributed by atoms with Crippen LogP contribution in [0.4, 0.5) is 14.5 Å². The van der Waals surface area contributed by atoms with Crippen LogP contribution in [0, 0.1) is 11.6 Å². The SMILES string of the molecule is Cl.O=C1COC(c2ccccc2OCCN2CCOCC2)=NN1c1ccc(F)cc1F. The molecule has 0 unspecified atom stereocenters. The molecular weight excluding hydrogens is 432 g/mol. The van der Waals surface area contributed by atoms with Crippen molar-refractivity contribution in [3.8, 4) is 5.75 Å². The summed E-state index contributed by atoms with van der Waals surface area (Å²) in [5.74, 6) is -1.52. The van der Waals surface area contributed by atoms with Crippen molar-refractivity contribution in [3.63, 3.8) is 0 Å². The zero-order chi connectivity index (χ0) is 20.9. The summed E-state index contributed by atoms with van der Waals surface area (Å²) in [4.78, 5) is 14.5. The first-order valence-corrected chi connectivity index (χ1v) is 9.63. The van der Waals surface area contributed by atoms with Crippen molar-refractivity contribution >= 4 is 29.9 Å². The van der Waals surface area contributed by atoms with E-state index < -0.39 is 17.5 Å². The minimum atomic E-state index is -0.886. The Hall–Kier alpha value is -2.75. The lowest BCUT2D eigenvalue weighted by Gasteiger charge is -2.27. The highest BCUT2D eigenvalue weighted by Gasteiger charge is 2.27. The monoisotopic (exact) mass is 453 g/mol. The molecule has 2 aliphatic heterocycles. The summed E-state index contributed by atoms with van der Waals surface area (Å²) in [5, 5.41) is 5.05. The van der Waals surface area contributed by atoms with Gasteiger partial charge in [-0.25, -0.2) is 8.78 Å². The third-order valence-electron chi connectivity index (χ3n) is 4.78. The highest BCUT2D eigenvalue weighted by Crippen LogP contribution is 2.26. The molecule has 10 heteroatoms. The van der Waals surface area contributed by atoms with E-state index in [-0.39, 0.29) is 30.6 Å². The number of anilines is 1. The summed E-state index contributed by atoms with van der Waals surface area (Å²) < 4.78 is 44.2. The molecule has 0 aliphatic carbocycles. The Kier molecular flexibility index (Phi) is 7.78. The number of rotatable bonds is 6. The molecule has 0 spiro atoms. The molecule has 0 bridgehead atoms. The van der Waals surface area contributed by atoms with E-state index >= 15 is 0 Å². The number of morpholine rings is 1. The van der Waals surface area contributed by atoms with Gasteiger partial charge in [0.1, 0.15) is 23.9 Å². The number of hydrogen-bond donors (Lipinski definition) is 0. The van der Waals surface area contributed by atoms with Gasteiger partial charge in [-0.15, -0.1) is 17.5 Å². The summed E-state index contributed by atoms with van der Waals surface area (Å²) in [6.45, 7) is 4.03. The Bertz CT molecular complexity index is 954. The van der Waals surface area contributed by atoms with Gasteiger partial charge in [0.2, 0.25) is 5.90 Å². The minimum Gasteiger partial charge on any atom is -0.491 e. The maximum atomic E-state index is 14.2. The summed E-state index contributed by atoms with van der Waals surface area (Å²) in [6.07, 6.45) is 0. The maximum absolute atomic E-state index is 14.2. The second kappa shape index (κ2) is 10.5. The number of nitrogens with zero attached hydrogens (tertiary/aromatic N) is 3. The van der Waals surface area contributed by atoms with Gasteiger partial charge >= 0.3 is 0 Å². The first kappa shape index (κ1) is 22.9. The number of ether oxygens (including phenoxy) is 3. The number of amides is 1. The molecular formula is C21H22ClF2N3O4. The predicted molar refractivity (Wildman–Crippen MR) is 113 cm³/mol. The lowest BCUT2D eigenvalue weighted by Crippen LogP contribution is -2.39. The first-order chi connectivity index (χ1) is 14.6. The van der Waals surface area contributed by atoms with Crippen LogP contribution in [0.25, 0.3) is 0 Å². The Morgan fingerprint density at radius 2 is 1.87 bits per heavy atom. The molecule has 2 heterocycles. The molecule has 0 N–H and O–H groups in total. The molecule has 1 amide bonds. The maximum Gasteiger partial charge on any atom is 0.285 e. The Labute approximate surface area is 184 Å². The summed E-state index contributed by atoms with van der Waals surface area (Å²) in [5.41, 5.74) is 0.396. The van der Waals surface area contributed by atoms with E-state index in [4.69, 9.17) is 14.2 Å². The molecule has 0 aromatic heterocycles. The van der Waals surface area contributed by atoms with E-state index in [1.165, 1.54) is 6.07 Å². The second-order valence-electron chi connectivity index (χ2n) is 6.79. The van der Waals surface area contributed by atoms with E-state index in [1.807, 2.05) is 6.07 Å². The number of halogens is 3. The molecule has 1 fully saturated rings. The average molecular weight is 454 g/mol. The number of carbonyl (C=O) groups excluding carboxylic acids is 1. The number of carbonyl (C=O) groups is 1. The standard InChI is InChI=1S/C21H21F2N3O4.ClH/c22-15-5-6-18(17(23)13-15)26-20(27)14-30-21(24-26)16-3-1-2-4-19(16)29-12-9-25-7-10-28-11-8-25;/h1-6,13H,7-12,14H2;1H. The molecule has 166 valence electrons. The van der Waals surface area contributed by atoms with Gasteiger partial charge in [-0.05, 0) is 24.3 Å². The quantitative estimate of drug-likeness (QED) is 0.673. The van der Waals surface area contributed by atoms with Crippen molar-refractivity contribution in [2.75, 3.05) is 51.1 Å². The van der Waals surface area contributed by atoms with Crippen LogP contribution >= 0.6 is 12.4 Å². The van der Waals surface area contributed by atoms with E-state index in [1.54, 1.807) is 18.2 Å². The molecule has 0 saturated carbocycles. The molecule has 31 heavy (non-hydrogen) atoms. The predicted octanol–water partition coefficient (Wildman–Crippen LogP) is 2.82. The summed E-state index contributed by atoms with van der Waals surface area (Å²) in [7, 11) is 0. The number of para-hydroxylation sites is 1. The molecule has 0 atom stereocenters. The van der Waals surface area contributed by atoms with Gasteiger partial charge in [0.15, 0.2) is 12.4 Å². The third kappa shape index (κ3) is 5.49. The van der Waals surface area contributed by atoms with Crippen LogP contribution in [0.15, 0.2) is 47.6 Å². The lowest BCUT2D eigenvalue weighted by atomic mass is 10.2. The van der Waals surface area contributed by atoms with Crippen LogP contribution in [0.3, 0.4) is 0 Å². The molecule has 7 nitrogen and oxygen atoms in total. The zero-order valence-electron chi connectivity index (χ0n) is 16.6. The second-order valence-corrected chi connectivity index (χ2v) is 6.79. The largest absolute Gasteiger partial charge is 0.491 e. The van der Waals surface area contributed by atoms with Gasteiger partial charge < -0.3 is 14.2 Å². The number of hydrogen-bond acceptors (Lipinski definition) is 6. The van der Waals surface area contributed by atoms with Gasteiger partial charge in [-0.1, -0.05) is 12.1 Å². The van der Waals surface area contributed by atoms with Crippen molar-refractivity contribution in [1.29, 1.82) is 0 Å². The summed E-state index contributed by atoms with van der Waals surface area (Å²) >= 11 is 0. The summed E-state index contributed by atoms with van der Waals surface area (Å²) in [6, 6.07) is 10.1. The fraction of sp³-hybridized carbons (Fsp3) is 0.333. The average Bonchev–Trinajstić information content (AvgIpc) is 2.76. The molecule has 4 rings (SSSR count). The molecule has 2 aliphatic rings. The Morgan fingerprint density at radius 1 is 1.10 bits per heavy atom. The van der Waals surface area contributed by atoms with Gasteiger partial charge in [0.05, 0.1) is 18.8 Å². The van der Waals surface area contributed by atoms with Crippen molar-refractivity contribution in [3.05, 3.63) is 59.7 Å². The Balaban J connectivity index is 0.00000272. The van der Waals surface area contributed by atoms with Crippen LogP contribution in [-0.4, -0.2) is 62.8 Å². The highest BCUT2D eigenvalue weighted by atomic mass is 35.5. The van der Waals surface area contributed by atoms with E-state index in [9.17, 15) is 13.6 Å². The molecule has 1 saturated heterocycles. The zero-order valence-corrected chi connectivity index (χ0v) is 17.4. The smallest absolute Gasteiger partial charge is 0.285 e. The van der Waals surface area contributed by atoms with Gasteiger partial charge in [0, 0.05) is 25.7 Å². The van der Waals surface area contributed by atoms with Crippen molar-refractivity contribution < 1.29 is 27.8 Å². The van der Waals surface area contributed by atoms with Crippen LogP contribution in [-0.2, 0) is 14.3 Å². The van der Waals surface area contributed by atoms with Crippen LogP contribution in [0.2, 0.25) is 0 Å². The van der Waals surface area contributed by atoms with Crippen LogP contribution < -0.4 is 9.75 Å². The molecule has 2 aromatic rings. The fourth-order valence-corrected chi connectivity index (χ4v) is 3.22. The van der Waals surface area contributed by atoms with Gasteiger partial charge in [-0.2, -0.15) is 5.01 Å². The normalized spacial score (nSPS) is 16.9. The van der Waals surface area contributed by atoms with E-state index in [0.717, 1.165) is 30.7 Å². The van der Waals surface area contributed by atoms with Gasteiger partial charge in [0.25, 0.3) is 5.91 Å². The lowest BCUT2D eigenvalue weighted by molar-refractivity contribution is -0.121. The van der Waals surface area contributed by atoms with Crippen LogP contribution in [0.1, 0.15) is 5.56 Å². The van der Waals surface area contributed by atoms with E-state index in [2.05, 4.69) is 10.0 Å².